The minimum absolute atomic E-state index is 0.175. The van der Waals surface area contributed by atoms with Crippen molar-refractivity contribution < 1.29 is 14.6 Å². The maximum Gasteiger partial charge on any atom is 0.271 e. The largest absolute Gasteiger partial charge is 0.392 e. The van der Waals surface area contributed by atoms with Crippen molar-refractivity contribution in [2.24, 2.45) is 0 Å². The fourth-order valence-corrected chi connectivity index (χ4v) is 2.92. The third-order valence-electron chi connectivity index (χ3n) is 3.25. The smallest absolute Gasteiger partial charge is 0.271 e. The Balaban J connectivity index is 0.000000817. The van der Waals surface area contributed by atoms with Crippen molar-refractivity contribution in [2.75, 3.05) is 26.1 Å². The van der Waals surface area contributed by atoms with E-state index in [1.807, 2.05) is 23.6 Å². The fourth-order valence-electron chi connectivity index (χ4n) is 2.10. The topological polar surface area (TPSA) is 109 Å². The number of amides is 1. The normalized spacial score (nSPS) is 11.4. The van der Waals surface area contributed by atoms with Crippen molar-refractivity contribution in [2.45, 2.75) is 19.6 Å². The summed E-state index contributed by atoms with van der Waals surface area (Å²) in [6, 6.07) is 5.65. The Kier molecular flexibility index (Phi) is 8.05. The van der Waals surface area contributed by atoms with Crippen LogP contribution in [0.15, 0.2) is 36.0 Å². The number of ether oxygens (including phenoxy) is 1. The number of thiophene rings is 1. The average Bonchev–Trinajstić information content (AvgIpc) is 3.14. The first-order valence-corrected chi connectivity index (χ1v) is 9.17. The number of fused-ring (bicyclic) bond motifs is 1. The molecule has 0 fully saturated rings. The highest BCUT2D eigenvalue weighted by Gasteiger charge is 2.16. The van der Waals surface area contributed by atoms with Crippen LogP contribution in [-0.2, 0) is 11.3 Å². The molecule has 0 bridgehead atoms. The Morgan fingerprint density at radius 3 is 2.78 bits per heavy atom. The van der Waals surface area contributed by atoms with Gasteiger partial charge in [0, 0.05) is 39.7 Å². The molecular formula is C18H23N5O3S. The van der Waals surface area contributed by atoms with E-state index in [0.717, 1.165) is 10.3 Å². The molecular weight excluding hydrogens is 366 g/mol. The first-order chi connectivity index (χ1) is 13.0. The Hall–Kier alpha value is -2.62. The van der Waals surface area contributed by atoms with Gasteiger partial charge in [0.1, 0.15) is 0 Å². The fraction of sp³-hybridized carbons (Fsp3) is 0.333. The summed E-state index contributed by atoms with van der Waals surface area (Å²) in [7, 11) is 3.25. The summed E-state index contributed by atoms with van der Waals surface area (Å²) in [5.74, 6) is 0.0575. The first-order valence-electron chi connectivity index (χ1n) is 8.29. The Morgan fingerprint density at radius 2 is 2.11 bits per heavy atom. The molecule has 1 amide bonds. The van der Waals surface area contributed by atoms with Gasteiger partial charge < -0.3 is 20.5 Å². The zero-order chi connectivity index (χ0) is 19.6. The molecule has 3 rings (SSSR count). The van der Waals surface area contributed by atoms with Crippen LogP contribution in [0, 0.1) is 0 Å². The third-order valence-corrected chi connectivity index (χ3v) is 4.16. The molecule has 3 aromatic rings. The van der Waals surface area contributed by atoms with Crippen molar-refractivity contribution in [3.8, 4) is 0 Å². The number of hydrogen-bond donors (Lipinski definition) is 3. The van der Waals surface area contributed by atoms with Crippen LogP contribution in [0.5, 0.6) is 0 Å². The van der Waals surface area contributed by atoms with E-state index in [9.17, 15) is 9.90 Å². The van der Waals surface area contributed by atoms with Crippen LogP contribution in [0.4, 0.5) is 5.95 Å². The number of nitrogens with one attached hydrogen (secondary N) is 2. The van der Waals surface area contributed by atoms with Crippen LogP contribution < -0.4 is 10.6 Å². The van der Waals surface area contributed by atoms with Crippen LogP contribution in [0.2, 0.25) is 0 Å². The maximum absolute atomic E-state index is 12.3. The summed E-state index contributed by atoms with van der Waals surface area (Å²) in [5.41, 5.74) is 2.02. The highest BCUT2D eigenvalue weighted by Crippen LogP contribution is 2.23. The second-order valence-corrected chi connectivity index (χ2v) is 6.63. The summed E-state index contributed by atoms with van der Waals surface area (Å²) in [5, 5.41) is 17.0. The number of pyridine rings is 1. The van der Waals surface area contributed by atoms with Gasteiger partial charge in [-0.05, 0) is 30.0 Å². The molecule has 3 aromatic heterocycles. The van der Waals surface area contributed by atoms with E-state index in [0.29, 0.717) is 23.7 Å². The highest BCUT2D eigenvalue weighted by atomic mass is 32.1. The predicted octanol–water partition coefficient (Wildman–Crippen LogP) is 2.07. The number of rotatable bonds is 6. The molecule has 0 aromatic carbocycles. The second kappa shape index (κ2) is 10.5. The van der Waals surface area contributed by atoms with Gasteiger partial charge >= 0.3 is 0 Å². The molecule has 0 unspecified atom stereocenters. The lowest BCUT2D eigenvalue weighted by molar-refractivity contribution is 0.0921. The molecule has 1 atom stereocenters. The van der Waals surface area contributed by atoms with Gasteiger partial charge in [-0.3, -0.25) is 9.78 Å². The van der Waals surface area contributed by atoms with Crippen molar-refractivity contribution in [1.82, 2.24) is 20.3 Å². The monoisotopic (exact) mass is 389 g/mol. The van der Waals surface area contributed by atoms with Crippen LogP contribution in [0.3, 0.4) is 0 Å². The van der Waals surface area contributed by atoms with E-state index in [4.69, 9.17) is 0 Å². The zero-order valence-electron chi connectivity index (χ0n) is 15.5. The molecule has 144 valence electrons. The summed E-state index contributed by atoms with van der Waals surface area (Å²) >= 11 is 1.41. The lowest BCUT2D eigenvalue weighted by atomic mass is 10.3. The van der Waals surface area contributed by atoms with Gasteiger partial charge in [0.2, 0.25) is 5.95 Å². The average molecular weight is 389 g/mol. The van der Waals surface area contributed by atoms with E-state index < -0.39 is 6.10 Å². The Morgan fingerprint density at radius 1 is 1.33 bits per heavy atom. The van der Waals surface area contributed by atoms with Gasteiger partial charge in [0.05, 0.1) is 16.3 Å². The summed E-state index contributed by atoms with van der Waals surface area (Å²) in [6.45, 7) is 2.30. The SMILES string of the molecule is COC.C[C@H](O)CNC(=O)c1nc(NCc2cccnc2)nc2ccsc12. The number of carbonyl (C=O) groups excluding carboxylic acids is 1. The number of nitrogens with zero attached hydrogens (tertiary/aromatic N) is 3. The van der Waals surface area contributed by atoms with Gasteiger partial charge in [0.15, 0.2) is 5.69 Å². The molecule has 0 aliphatic carbocycles. The molecule has 0 saturated carbocycles. The number of methoxy groups -OCH3 is 1. The summed E-state index contributed by atoms with van der Waals surface area (Å²) < 4.78 is 4.98. The number of aliphatic hydroxyl groups excluding tert-OH is 1. The zero-order valence-corrected chi connectivity index (χ0v) is 16.3. The summed E-state index contributed by atoms with van der Waals surface area (Å²) in [6.07, 6.45) is 2.85. The van der Waals surface area contributed by atoms with Crippen molar-refractivity contribution >= 4 is 33.4 Å². The van der Waals surface area contributed by atoms with Crippen LogP contribution in [-0.4, -0.2) is 52.8 Å². The van der Waals surface area contributed by atoms with Crippen LogP contribution in [0.1, 0.15) is 23.0 Å². The predicted molar refractivity (Wildman–Crippen MR) is 106 cm³/mol. The minimum atomic E-state index is -0.613. The van der Waals surface area contributed by atoms with Gasteiger partial charge in [-0.1, -0.05) is 6.07 Å². The van der Waals surface area contributed by atoms with E-state index in [-0.39, 0.29) is 12.5 Å². The highest BCUT2D eigenvalue weighted by molar-refractivity contribution is 7.17. The third kappa shape index (κ3) is 6.24. The van der Waals surface area contributed by atoms with Gasteiger partial charge in [-0.25, -0.2) is 9.97 Å². The molecule has 3 N–H and O–H groups in total. The van der Waals surface area contributed by atoms with E-state index in [1.54, 1.807) is 33.5 Å². The lowest BCUT2D eigenvalue weighted by Crippen LogP contribution is -2.31. The number of carbonyl (C=O) groups is 1. The standard InChI is InChI=1S/C16H17N5O2S.C2H6O/c1-10(22)7-18-15(23)13-14-12(4-6-24-14)20-16(21-13)19-9-11-3-2-5-17-8-11;1-3-2/h2-6,8,10,22H,7,9H2,1H3,(H,18,23)(H,19,20,21);1-2H3/t10-;/m0./s1. The first kappa shape index (κ1) is 20.7. The van der Waals surface area contributed by atoms with Crippen molar-refractivity contribution in [3.63, 3.8) is 0 Å². The summed E-state index contributed by atoms with van der Waals surface area (Å²) in [4.78, 5) is 25.2. The van der Waals surface area contributed by atoms with Gasteiger partial charge in [-0.2, -0.15) is 0 Å². The van der Waals surface area contributed by atoms with E-state index in [1.165, 1.54) is 11.3 Å². The van der Waals surface area contributed by atoms with Crippen LogP contribution >= 0.6 is 11.3 Å². The van der Waals surface area contributed by atoms with Gasteiger partial charge in [0.25, 0.3) is 5.91 Å². The number of aromatic nitrogens is 3. The minimum Gasteiger partial charge on any atom is -0.392 e. The van der Waals surface area contributed by atoms with Crippen molar-refractivity contribution in [3.05, 3.63) is 47.2 Å². The number of anilines is 1. The molecule has 8 nitrogen and oxygen atoms in total. The maximum atomic E-state index is 12.3. The van der Waals surface area contributed by atoms with E-state index >= 15 is 0 Å². The van der Waals surface area contributed by atoms with Crippen LogP contribution in [0.25, 0.3) is 10.2 Å². The van der Waals surface area contributed by atoms with Gasteiger partial charge in [-0.15, -0.1) is 11.3 Å². The molecule has 0 radical (unpaired) electrons. The Labute approximate surface area is 161 Å². The molecule has 9 heteroatoms. The molecule has 3 heterocycles. The number of hydrogen-bond acceptors (Lipinski definition) is 8. The quantitative estimate of drug-likeness (QED) is 0.592. The molecule has 0 spiro atoms. The number of aliphatic hydroxyl groups is 1. The molecule has 27 heavy (non-hydrogen) atoms. The van der Waals surface area contributed by atoms with Crippen molar-refractivity contribution in [1.29, 1.82) is 0 Å². The Bertz CT molecular complexity index is 855. The second-order valence-electron chi connectivity index (χ2n) is 5.71. The molecule has 0 aliphatic heterocycles. The molecule has 0 aliphatic rings. The van der Waals surface area contributed by atoms with E-state index in [2.05, 4.69) is 30.3 Å². The lowest BCUT2D eigenvalue weighted by Gasteiger charge is -2.09. The molecule has 0 saturated heterocycles.